The van der Waals surface area contributed by atoms with E-state index in [4.69, 9.17) is 0 Å². The first-order valence-electron chi connectivity index (χ1n) is 6.26. The fourth-order valence-electron chi connectivity index (χ4n) is 1.65. The van der Waals surface area contributed by atoms with Crippen LogP contribution in [0.15, 0.2) is 12.4 Å². The van der Waals surface area contributed by atoms with Crippen molar-refractivity contribution in [3.63, 3.8) is 0 Å². The molecule has 0 radical (unpaired) electrons. The van der Waals surface area contributed by atoms with Gasteiger partial charge in [-0.05, 0) is 12.5 Å². The largest absolute Gasteiger partial charge is 0.310 e. The molecule has 2 aromatic rings. The van der Waals surface area contributed by atoms with Gasteiger partial charge in [0, 0.05) is 25.4 Å². The van der Waals surface area contributed by atoms with E-state index in [-0.39, 0.29) is 0 Å². The van der Waals surface area contributed by atoms with Gasteiger partial charge >= 0.3 is 0 Å². The lowest BCUT2D eigenvalue weighted by atomic mass is 10.2. The van der Waals surface area contributed by atoms with Crippen molar-refractivity contribution in [2.45, 2.75) is 33.7 Å². The zero-order valence-electron chi connectivity index (χ0n) is 11.1. The standard InChI is InChI=1S/C12H19N5S/c1-4-10-14-5-6-17(10)12-16-15-11(18-12)8-13-7-9(2)3/h5-6,9,13H,4,7-8H2,1-3H3. The van der Waals surface area contributed by atoms with Crippen LogP contribution < -0.4 is 5.32 Å². The molecule has 2 rings (SSSR count). The Balaban J connectivity index is 2.02. The van der Waals surface area contributed by atoms with Gasteiger partial charge in [-0.1, -0.05) is 32.1 Å². The number of aryl methyl sites for hydroxylation is 1. The van der Waals surface area contributed by atoms with Gasteiger partial charge in [0.2, 0.25) is 5.13 Å². The highest BCUT2D eigenvalue weighted by Gasteiger charge is 2.09. The van der Waals surface area contributed by atoms with Gasteiger partial charge in [0.15, 0.2) is 0 Å². The summed E-state index contributed by atoms with van der Waals surface area (Å²) in [4.78, 5) is 4.29. The number of nitrogens with one attached hydrogen (secondary N) is 1. The van der Waals surface area contributed by atoms with Gasteiger partial charge in [-0.15, -0.1) is 10.2 Å². The fraction of sp³-hybridized carbons (Fsp3) is 0.583. The van der Waals surface area contributed by atoms with Gasteiger partial charge < -0.3 is 5.32 Å². The summed E-state index contributed by atoms with van der Waals surface area (Å²) in [5.41, 5.74) is 0. The quantitative estimate of drug-likeness (QED) is 0.868. The Labute approximate surface area is 111 Å². The summed E-state index contributed by atoms with van der Waals surface area (Å²) in [6.45, 7) is 8.26. The molecule has 0 aromatic carbocycles. The average Bonchev–Trinajstić information content (AvgIpc) is 2.95. The molecule has 0 saturated heterocycles. The first kappa shape index (κ1) is 13.2. The molecule has 18 heavy (non-hydrogen) atoms. The maximum absolute atomic E-state index is 4.29. The first-order valence-corrected chi connectivity index (χ1v) is 7.08. The van der Waals surface area contributed by atoms with Crippen LogP contribution in [0, 0.1) is 5.92 Å². The summed E-state index contributed by atoms with van der Waals surface area (Å²) in [5, 5.41) is 13.7. The molecule has 0 unspecified atom stereocenters. The molecule has 1 N–H and O–H groups in total. The molecule has 2 heterocycles. The van der Waals surface area contributed by atoms with E-state index in [1.165, 1.54) is 0 Å². The summed E-state index contributed by atoms with van der Waals surface area (Å²) >= 11 is 1.61. The molecule has 98 valence electrons. The Morgan fingerprint density at radius 3 is 2.94 bits per heavy atom. The Hall–Kier alpha value is -1.27. The van der Waals surface area contributed by atoms with Crippen LogP contribution >= 0.6 is 11.3 Å². The lowest BCUT2D eigenvalue weighted by molar-refractivity contribution is 0.550. The summed E-state index contributed by atoms with van der Waals surface area (Å²) in [6, 6.07) is 0. The second-order valence-corrected chi connectivity index (χ2v) is 5.61. The van der Waals surface area contributed by atoms with Crippen molar-refractivity contribution < 1.29 is 0 Å². The maximum atomic E-state index is 4.29. The number of hydrogen-bond donors (Lipinski definition) is 1. The predicted molar refractivity (Wildman–Crippen MR) is 73.0 cm³/mol. The third-order valence-electron chi connectivity index (χ3n) is 2.52. The highest BCUT2D eigenvalue weighted by atomic mass is 32.1. The van der Waals surface area contributed by atoms with E-state index in [1.807, 2.05) is 10.8 Å². The van der Waals surface area contributed by atoms with Gasteiger partial charge in [0.25, 0.3) is 0 Å². The maximum Gasteiger partial charge on any atom is 0.217 e. The van der Waals surface area contributed by atoms with Crippen LogP contribution in [0.5, 0.6) is 0 Å². The van der Waals surface area contributed by atoms with Gasteiger partial charge in [0.1, 0.15) is 10.8 Å². The van der Waals surface area contributed by atoms with Crippen LogP contribution in [-0.4, -0.2) is 26.3 Å². The number of rotatable bonds is 6. The Kier molecular flexibility index (Phi) is 4.43. The van der Waals surface area contributed by atoms with Gasteiger partial charge in [0.05, 0.1) is 0 Å². The van der Waals surface area contributed by atoms with Crippen LogP contribution in [0.2, 0.25) is 0 Å². The Bertz CT molecular complexity index is 488. The average molecular weight is 265 g/mol. The van der Waals surface area contributed by atoms with Crippen LogP contribution in [0.4, 0.5) is 0 Å². The van der Waals surface area contributed by atoms with Crippen molar-refractivity contribution in [3.8, 4) is 5.13 Å². The molecule has 0 amide bonds. The number of nitrogens with zero attached hydrogens (tertiary/aromatic N) is 4. The van der Waals surface area contributed by atoms with Gasteiger partial charge in [-0.25, -0.2) is 4.98 Å². The van der Waals surface area contributed by atoms with Crippen molar-refractivity contribution in [1.82, 2.24) is 25.1 Å². The normalized spacial score (nSPS) is 11.3. The summed E-state index contributed by atoms with van der Waals surface area (Å²) < 4.78 is 2.00. The minimum absolute atomic E-state index is 0.651. The van der Waals surface area contributed by atoms with E-state index in [0.29, 0.717) is 5.92 Å². The lowest BCUT2D eigenvalue weighted by Gasteiger charge is -2.04. The molecule has 5 nitrogen and oxygen atoms in total. The molecule has 0 spiro atoms. The number of aromatic nitrogens is 4. The molecule has 0 aliphatic carbocycles. The minimum Gasteiger partial charge on any atom is -0.310 e. The lowest BCUT2D eigenvalue weighted by Crippen LogP contribution is -2.18. The second kappa shape index (κ2) is 6.06. The van der Waals surface area contributed by atoms with E-state index < -0.39 is 0 Å². The monoisotopic (exact) mass is 265 g/mol. The highest BCUT2D eigenvalue weighted by Crippen LogP contribution is 2.16. The molecule has 0 atom stereocenters. The topological polar surface area (TPSA) is 55.6 Å². The molecule has 0 bridgehead atoms. The van der Waals surface area contributed by atoms with E-state index in [9.17, 15) is 0 Å². The number of imidazole rings is 1. The molecule has 0 saturated carbocycles. The first-order chi connectivity index (χ1) is 8.70. The molecule has 0 aliphatic heterocycles. The SMILES string of the molecule is CCc1nccn1-c1nnc(CNCC(C)C)s1. The highest BCUT2D eigenvalue weighted by molar-refractivity contribution is 7.13. The van der Waals surface area contributed by atoms with Gasteiger partial charge in [-0.2, -0.15) is 0 Å². The second-order valence-electron chi connectivity index (χ2n) is 4.57. The third kappa shape index (κ3) is 3.14. The summed E-state index contributed by atoms with van der Waals surface area (Å²) in [6.07, 6.45) is 4.63. The van der Waals surface area contributed by atoms with Crippen molar-refractivity contribution in [1.29, 1.82) is 0 Å². The Morgan fingerprint density at radius 2 is 2.22 bits per heavy atom. The van der Waals surface area contributed by atoms with E-state index >= 15 is 0 Å². The fourth-order valence-corrected chi connectivity index (χ4v) is 2.46. The van der Waals surface area contributed by atoms with Crippen molar-refractivity contribution in [2.75, 3.05) is 6.54 Å². The van der Waals surface area contributed by atoms with Crippen LogP contribution in [-0.2, 0) is 13.0 Å². The van der Waals surface area contributed by atoms with E-state index in [0.717, 1.165) is 35.5 Å². The summed E-state index contributed by atoms with van der Waals surface area (Å²) in [5.74, 6) is 1.67. The minimum atomic E-state index is 0.651. The van der Waals surface area contributed by atoms with Crippen LogP contribution in [0.25, 0.3) is 5.13 Å². The predicted octanol–water partition coefficient (Wildman–Crippen LogP) is 2.03. The van der Waals surface area contributed by atoms with Gasteiger partial charge in [-0.3, -0.25) is 4.57 Å². The molecular formula is C12H19N5S. The van der Waals surface area contributed by atoms with E-state index in [1.54, 1.807) is 17.5 Å². The van der Waals surface area contributed by atoms with Crippen LogP contribution in [0.3, 0.4) is 0 Å². The van der Waals surface area contributed by atoms with E-state index in [2.05, 4.69) is 41.3 Å². The third-order valence-corrected chi connectivity index (χ3v) is 3.45. The molecule has 0 aliphatic rings. The zero-order valence-corrected chi connectivity index (χ0v) is 11.9. The number of hydrogen-bond acceptors (Lipinski definition) is 5. The molecule has 2 aromatic heterocycles. The zero-order chi connectivity index (χ0) is 13.0. The molecular weight excluding hydrogens is 246 g/mol. The van der Waals surface area contributed by atoms with Crippen molar-refractivity contribution in [3.05, 3.63) is 23.2 Å². The van der Waals surface area contributed by atoms with Crippen LogP contribution in [0.1, 0.15) is 31.6 Å². The van der Waals surface area contributed by atoms with Crippen molar-refractivity contribution >= 4 is 11.3 Å². The Morgan fingerprint density at radius 1 is 1.39 bits per heavy atom. The van der Waals surface area contributed by atoms with Crippen molar-refractivity contribution in [2.24, 2.45) is 5.92 Å². The molecule has 0 fully saturated rings. The molecule has 6 heteroatoms. The summed E-state index contributed by atoms with van der Waals surface area (Å²) in [7, 11) is 0. The smallest absolute Gasteiger partial charge is 0.217 e.